The highest BCUT2D eigenvalue weighted by atomic mass is 16.3. The van der Waals surface area contributed by atoms with Gasteiger partial charge in [-0.1, -0.05) is 24.3 Å². The van der Waals surface area contributed by atoms with Crippen LogP contribution in [0.5, 0.6) is 0 Å². The normalized spacial score (nSPS) is 16.4. The number of fused-ring (bicyclic) bond motifs is 1. The molecule has 2 aromatic heterocycles. The Morgan fingerprint density at radius 2 is 1.92 bits per heavy atom. The fourth-order valence-electron chi connectivity index (χ4n) is 4.22. The Labute approximate surface area is 209 Å². The quantitative estimate of drug-likeness (QED) is 0.525. The number of carbonyl (C=O) groups excluding carboxylic acids is 4. The number of benzene rings is 1. The van der Waals surface area contributed by atoms with Gasteiger partial charge in [0.25, 0.3) is 11.8 Å². The standard InChI is InChI=1S/C27H30N4O5/c1-27(2,30-25(34)23-16-18-8-3-4-11-22(18)36-23)13-12-24(33)29-19-10-7-15-31(17-21(19)32)26(35)20-9-5-6-14-28-20/h3-6,8-9,11,14,16,19H,7,10,12-13,15,17H2,1-2H3,(H,29,33)(H,30,34)/t19-/m0/s1. The van der Waals surface area contributed by atoms with Crippen molar-refractivity contribution < 1.29 is 23.6 Å². The Bertz CT molecular complexity index is 1230. The molecule has 0 spiro atoms. The van der Waals surface area contributed by atoms with Gasteiger partial charge in [0, 0.05) is 30.1 Å². The van der Waals surface area contributed by atoms with Crippen LogP contribution in [-0.4, -0.2) is 58.1 Å². The summed E-state index contributed by atoms with van der Waals surface area (Å²) in [7, 11) is 0. The van der Waals surface area contributed by atoms with E-state index in [2.05, 4.69) is 15.6 Å². The largest absolute Gasteiger partial charge is 0.451 e. The number of hydrogen-bond donors (Lipinski definition) is 2. The van der Waals surface area contributed by atoms with Crippen molar-refractivity contribution in [3.63, 3.8) is 0 Å². The van der Waals surface area contributed by atoms with Crippen LogP contribution in [0, 0.1) is 0 Å². The van der Waals surface area contributed by atoms with Gasteiger partial charge in [0.2, 0.25) is 5.91 Å². The summed E-state index contributed by atoms with van der Waals surface area (Å²) in [6.07, 6.45) is 3.09. The van der Waals surface area contributed by atoms with E-state index in [0.717, 1.165) is 5.39 Å². The molecule has 1 aliphatic rings. The Morgan fingerprint density at radius 3 is 2.67 bits per heavy atom. The SMILES string of the molecule is CC(C)(CCC(=O)N[C@H]1CCCN(C(=O)c2ccccn2)CC1=O)NC(=O)c1cc2ccccc2o1. The molecule has 3 heterocycles. The van der Waals surface area contributed by atoms with Crippen molar-refractivity contribution in [2.24, 2.45) is 0 Å². The molecule has 9 nitrogen and oxygen atoms in total. The van der Waals surface area contributed by atoms with E-state index in [4.69, 9.17) is 4.42 Å². The first kappa shape index (κ1) is 25.1. The van der Waals surface area contributed by atoms with Gasteiger partial charge in [-0.2, -0.15) is 0 Å². The molecule has 4 rings (SSSR count). The molecule has 0 bridgehead atoms. The number of amides is 3. The first-order valence-corrected chi connectivity index (χ1v) is 12.1. The highest BCUT2D eigenvalue weighted by Gasteiger charge is 2.30. The molecule has 36 heavy (non-hydrogen) atoms. The average Bonchev–Trinajstić information content (AvgIpc) is 3.22. The van der Waals surface area contributed by atoms with E-state index in [9.17, 15) is 19.2 Å². The predicted molar refractivity (Wildman–Crippen MR) is 133 cm³/mol. The van der Waals surface area contributed by atoms with Gasteiger partial charge < -0.3 is 20.0 Å². The lowest BCUT2D eigenvalue weighted by Gasteiger charge is -2.26. The third kappa shape index (κ3) is 6.16. The predicted octanol–water partition coefficient (Wildman–Crippen LogP) is 3.11. The number of ketones is 1. The van der Waals surface area contributed by atoms with Crippen LogP contribution in [0.3, 0.4) is 0 Å². The Balaban J connectivity index is 1.27. The van der Waals surface area contributed by atoms with Crippen LogP contribution in [0.2, 0.25) is 0 Å². The van der Waals surface area contributed by atoms with Gasteiger partial charge in [0.1, 0.15) is 11.3 Å². The fourth-order valence-corrected chi connectivity index (χ4v) is 4.22. The highest BCUT2D eigenvalue weighted by molar-refractivity contribution is 5.98. The molecule has 1 aromatic carbocycles. The molecular formula is C27H30N4O5. The number of pyridine rings is 1. The minimum atomic E-state index is -0.674. The zero-order valence-electron chi connectivity index (χ0n) is 20.5. The third-order valence-corrected chi connectivity index (χ3v) is 6.24. The molecule has 3 amide bonds. The summed E-state index contributed by atoms with van der Waals surface area (Å²) in [4.78, 5) is 56.3. The van der Waals surface area contributed by atoms with Crippen LogP contribution in [0.1, 0.15) is 60.6 Å². The molecule has 188 valence electrons. The summed E-state index contributed by atoms with van der Waals surface area (Å²) in [5, 5.41) is 6.57. The molecule has 0 saturated carbocycles. The number of rotatable bonds is 7. The molecule has 2 N–H and O–H groups in total. The van der Waals surface area contributed by atoms with Crippen molar-refractivity contribution in [2.45, 2.75) is 51.1 Å². The molecule has 1 saturated heterocycles. The summed E-state index contributed by atoms with van der Waals surface area (Å²) in [5.41, 5.74) is 0.250. The zero-order valence-corrected chi connectivity index (χ0v) is 20.5. The van der Waals surface area contributed by atoms with Crippen LogP contribution in [0.4, 0.5) is 0 Å². The summed E-state index contributed by atoms with van der Waals surface area (Å²) in [6, 6.07) is 13.5. The number of nitrogens with one attached hydrogen (secondary N) is 2. The lowest BCUT2D eigenvalue weighted by molar-refractivity contribution is -0.128. The summed E-state index contributed by atoms with van der Waals surface area (Å²) in [6.45, 7) is 4.02. The fraction of sp³-hybridized carbons (Fsp3) is 0.370. The lowest BCUT2D eigenvalue weighted by Crippen LogP contribution is -2.46. The Hall–Kier alpha value is -4.01. The van der Waals surface area contributed by atoms with Gasteiger partial charge in [0.15, 0.2) is 11.5 Å². The average molecular weight is 491 g/mol. The number of hydrogen-bond acceptors (Lipinski definition) is 6. The molecular weight excluding hydrogens is 460 g/mol. The lowest BCUT2D eigenvalue weighted by atomic mass is 9.97. The zero-order chi connectivity index (χ0) is 25.7. The van der Waals surface area contributed by atoms with Gasteiger partial charge in [-0.05, 0) is 57.4 Å². The van der Waals surface area contributed by atoms with Gasteiger partial charge in [-0.3, -0.25) is 24.2 Å². The van der Waals surface area contributed by atoms with E-state index in [1.165, 1.54) is 11.1 Å². The summed E-state index contributed by atoms with van der Waals surface area (Å²) in [5.74, 6) is -0.917. The number of aromatic nitrogens is 1. The third-order valence-electron chi connectivity index (χ3n) is 6.24. The molecule has 9 heteroatoms. The van der Waals surface area contributed by atoms with Gasteiger partial charge in [-0.25, -0.2) is 0 Å². The minimum Gasteiger partial charge on any atom is -0.451 e. The number of Topliss-reactive ketones (excluding diaryl/α,β-unsaturated/α-hetero) is 1. The Morgan fingerprint density at radius 1 is 1.14 bits per heavy atom. The number of carbonyl (C=O) groups is 4. The molecule has 1 fully saturated rings. The summed E-state index contributed by atoms with van der Waals surface area (Å²) >= 11 is 0. The minimum absolute atomic E-state index is 0.0700. The topological polar surface area (TPSA) is 122 Å². The van der Waals surface area contributed by atoms with Crippen molar-refractivity contribution in [3.8, 4) is 0 Å². The maximum absolute atomic E-state index is 12.8. The van der Waals surface area contributed by atoms with E-state index in [-0.39, 0.29) is 42.2 Å². The molecule has 0 radical (unpaired) electrons. The second-order valence-electron chi connectivity index (χ2n) is 9.66. The maximum atomic E-state index is 12.8. The van der Waals surface area contributed by atoms with E-state index in [1.807, 2.05) is 32.0 Å². The van der Waals surface area contributed by atoms with Crippen LogP contribution in [0.25, 0.3) is 11.0 Å². The van der Waals surface area contributed by atoms with E-state index in [0.29, 0.717) is 37.1 Å². The van der Waals surface area contributed by atoms with Crippen molar-refractivity contribution >= 4 is 34.5 Å². The van der Waals surface area contributed by atoms with E-state index < -0.39 is 11.6 Å². The van der Waals surface area contributed by atoms with Crippen LogP contribution >= 0.6 is 0 Å². The second kappa shape index (κ2) is 10.7. The van der Waals surface area contributed by atoms with E-state index in [1.54, 1.807) is 30.3 Å². The molecule has 3 aromatic rings. The summed E-state index contributed by atoms with van der Waals surface area (Å²) < 4.78 is 5.62. The van der Waals surface area contributed by atoms with Gasteiger partial charge >= 0.3 is 0 Å². The van der Waals surface area contributed by atoms with Gasteiger partial charge in [0.05, 0.1) is 12.6 Å². The number of likely N-dealkylation sites (tertiary alicyclic amines) is 1. The van der Waals surface area contributed by atoms with Crippen molar-refractivity contribution in [1.29, 1.82) is 0 Å². The second-order valence-corrected chi connectivity index (χ2v) is 9.66. The highest BCUT2D eigenvalue weighted by Crippen LogP contribution is 2.20. The molecule has 0 unspecified atom stereocenters. The smallest absolute Gasteiger partial charge is 0.287 e. The van der Waals surface area contributed by atoms with Crippen molar-refractivity contribution in [3.05, 3.63) is 66.2 Å². The first-order chi connectivity index (χ1) is 17.2. The van der Waals surface area contributed by atoms with Gasteiger partial charge in [-0.15, -0.1) is 0 Å². The van der Waals surface area contributed by atoms with Crippen molar-refractivity contribution in [2.75, 3.05) is 13.1 Å². The molecule has 0 aliphatic carbocycles. The number of para-hydroxylation sites is 1. The molecule has 1 aliphatic heterocycles. The number of furan rings is 1. The monoisotopic (exact) mass is 490 g/mol. The number of nitrogens with zero attached hydrogens (tertiary/aromatic N) is 2. The van der Waals surface area contributed by atoms with Crippen molar-refractivity contribution in [1.82, 2.24) is 20.5 Å². The van der Waals surface area contributed by atoms with Crippen LogP contribution in [0.15, 0.2) is 59.1 Å². The first-order valence-electron chi connectivity index (χ1n) is 12.1. The van der Waals surface area contributed by atoms with Crippen LogP contribution in [-0.2, 0) is 9.59 Å². The van der Waals surface area contributed by atoms with Crippen LogP contribution < -0.4 is 10.6 Å². The Kier molecular flexibility index (Phi) is 7.47. The van der Waals surface area contributed by atoms with E-state index >= 15 is 0 Å². The molecule has 1 atom stereocenters. The maximum Gasteiger partial charge on any atom is 0.287 e.